The van der Waals surface area contributed by atoms with Gasteiger partial charge in [0.15, 0.2) is 0 Å². The third-order valence-electron chi connectivity index (χ3n) is 3.94. The number of hydrogen-bond acceptors (Lipinski definition) is 5. The van der Waals surface area contributed by atoms with E-state index in [1.165, 1.54) is 0 Å². The first kappa shape index (κ1) is 12.9. The largest absolute Gasteiger partial charge is 0.396 e. The summed E-state index contributed by atoms with van der Waals surface area (Å²) < 4.78 is 0. The van der Waals surface area contributed by atoms with Crippen molar-refractivity contribution in [2.45, 2.75) is 19.3 Å². The van der Waals surface area contributed by atoms with E-state index in [1.807, 2.05) is 12.1 Å². The van der Waals surface area contributed by atoms with Crippen molar-refractivity contribution in [2.75, 3.05) is 13.2 Å². The molecule has 6 nitrogen and oxygen atoms in total. The number of fused-ring (bicyclic) bond motifs is 1. The Balaban J connectivity index is 1.72. The number of amides is 1. The van der Waals surface area contributed by atoms with Crippen molar-refractivity contribution in [3.8, 4) is 0 Å². The van der Waals surface area contributed by atoms with Gasteiger partial charge >= 0.3 is 0 Å². The number of nitrogens with zero attached hydrogens (tertiary/aromatic N) is 3. The van der Waals surface area contributed by atoms with Crippen LogP contribution in [-0.2, 0) is 0 Å². The predicted molar refractivity (Wildman–Crippen MR) is 73.0 cm³/mol. The maximum Gasteiger partial charge on any atom is 0.291 e. The SMILES string of the molecule is O=C(NCC1(CO)CCC1)c1nnc2ccccc2n1. The average molecular weight is 272 g/mol. The van der Waals surface area contributed by atoms with Gasteiger partial charge in [0.05, 0.1) is 12.1 Å². The highest BCUT2D eigenvalue weighted by atomic mass is 16.3. The molecule has 0 bridgehead atoms. The summed E-state index contributed by atoms with van der Waals surface area (Å²) in [6.45, 7) is 0.558. The molecule has 1 heterocycles. The van der Waals surface area contributed by atoms with Crippen molar-refractivity contribution >= 4 is 16.9 Å². The molecule has 1 aliphatic rings. The average Bonchev–Trinajstić information content (AvgIpc) is 2.46. The number of rotatable bonds is 4. The van der Waals surface area contributed by atoms with E-state index in [4.69, 9.17) is 0 Å². The van der Waals surface area contributed by atoms with E-state index in [0.29, 0.717) is 17.6 Å². The Labute approximate surface area is 116 Å². The number of hydrogen-bond donors (Lipinski definition) is 2. The van der Waals surface area contributed by atoms with Crippen LogP contribution in [0.2, 0.25) is 0 Å². The predicted octanol–water partition coefficient (Wildman–Crippen LogP) is 0.917. The molecule has 1 aliphatic carbocycles. The van der Waals surface area contributed by atoms with Crippen LogP contribution in [0.4, 0.5) is 0 Å². The van der Waals surface area contributed by atoms with Crippen LogP contribution in [0.1, 0.15) is 29.9 Å². The molecule has 1 aromatic carbocycles. The molecule has 0 unspecified atom stereocenters. The lowest BCUT2D eigenvalue weighted by molar-refractivity contribution is 0.0426. The van der Waals surface area contributed by atoms with E-state index < -0.39 is 0 Å². The summed E-state index contributed by atoms with van der Waals surface area (Å²) >= 11 is 0. The topological polar surface area (TPSA) is 88.0 Å². The first-order valence-corrected chi connectivity index (χ1v) is 6.71. The third-order valence-corrected chi connectivity index (χ3v) is 3.94. The Kier molecular flexibility index (Phi) is 3.31. The summed E-state index contributed by atoms with van der Waals surface area (Å²) in [5, 5.41) is 20.0. The molecule has 0 spiro atoms. The molecule has 3 rings (SSSR count). The summed E-state index contributed by atoms with van der Waals surface area (Å²) in [6.07, 6.45) is 2.99. The van der Waals surface area contributed by atoms with Crippen molar-refractivity contribution in [3.05, 3.63) is 30.1 Å². The van der Waals surface area contributed by atoms with Crippen LogP contribution in [0.5, 0.6) is 0 Å². The fourth-order valence-corrected chi connectivity index (χ4v) is 2.39. The van der Waals surface area contributed by atoms with Crippen molar-refractivity contribution in [1.82, 2.24) is 20.5 Å². The number of benzene rings is 1. The molecule has 1 saturated carbocycles. The monoisotopic (exact) mass is 272 g/mol. The number of aliphatic hydroxyl groups is 1. The minimum atomic E-state index is -0.344. The molecule has 0 atom stereocenters. The summed E-state index contributed by atoms with van der Waals surface area (Å²) in [5.41, 5.74) is 1.16. The summed E-state index contributed by atoms with van der Waals surface area (Å²) in [4.78, 5) is 16.2. The van der Waals surface area contributed by atoms with Gasteiger partial charge in [0, 0.05) is 12.0 Å². The minimum absolute atomic E-state index is 0.0658. The van der Waals surface area contributed by atoms with Gasteiger partial charge in [-0.05, 0) is 25.0 Å². The zero-order valence-corrected chi connectivity index (χ0v) is 11.0. The van der Waals surface area contributed by atoms with E-state index in [2.05, 4.69) is 20.5 Å². The smallest absolute Gasteiger partial charge is 0.291 e. The van der Waals surface area contributed by atoms with Crippen molar-refractivity contribution in [1.29, 1.82) is 0 Å². The molecule has 1 amide bonds. The molecule has 104 valence electrons. The fourth-order valence-electron chi connectivity index (χ4n) is 2.39. The second kappa shape index (κ2) is 5.13. The maximum atomic E-state index is 12.0. The lowest BCUT2D eigenvalue weighted by Crippen LogP contribution is -2.44. The molecular weight excluding hydrogens is 256 g/mol. The molecule has 0 aliphatic heterocycles. The first-order chi connectivity index (χ1) is 9.72. The summed E-state index contributed by atoms with van der Waals surface area (Å²) in [7, 11) is 0. The quantitative estimate of drug-likeness (QED) is 0.864. The van der Waals surface area contributed by atoms with Crippen LogP contribution in [0.25, 0.3) is 11.0 Å². The normalized spacial score (nSPS) is 16.6. The zero-order valence-electron chi connectivity index (χ0n) is 11.0. The Bertz CT molecular complexity index is 634. The number of para-hydroxylation sites is 1. The van der Waals surface area contributed by atoms with Gasteiger partial charge in [-0.15, -0.1) is 10.2 Å². The van der Waals surface area contributed by atoms with Gasteiger partial charge in [-0.2, -0.15) is 0 Å². The molecule has 0 radical (unpaired) electrons. The second-order valence-electron chi connectivity index (χ2n) is 5.32. The van der Waals surface area contributed by atoms with Gasteiger partial charge in [-0.1, -0.05) is 18.6 Å². The van der Waals surface area contributed by atoms with Crippen LogP contribution in [0.15, 0.2) is 24.3 Å². The van der Waals surface area contributed by atoms with Gasteiger partial charge in [-0.25, -0.2) is 4.98 Å². The van der Waals surface area contributed by atoms with Crippen LogP contribution < -0.4 is 5.32 Å². The molecule has 20 heavy (non-hydrogen) atoms. The highest BCUT2D eigenvalue weighted by Gasteiger charge is 2.36. The minimum Gasteiger partial charge on any atom is -0.396 e. The maximum absolute atomic E-state index is 12.0. The summed E-state index contributed by atoms with van der Waals surface area (Å²) in [5.74, 6) is -0.279. The number of nitrogens with one attached hydrogen (secondary N) is 1. The highest BCUT2D eigenvalue weighted by Crippen LogP contribution is 2.39. The lowest BCUT2D eigenvalue weighted by Gasteiger charge is -2.40. The molecule has 1 aromatic heterocycles. The molecule has 1 fully saturated rings. The second-order valence-corrected chi connectivity index (χ2v) is 5.32. The van der Waals surface area contributed by atoms with Gasteiger partial charge < -0.3 is 10.4 Å². The fraction of sp³-hybridized carbons (Fsp3) is 0.429. The number of carbonyl (C=O) groups excluding carboxylic acids is 1. The third kappa shape index (κ3) is 2.34. The van der Waals surface area contributed by atoms with Gasteiger partial charge in [0.2, 0.25) is 5.82 Å². The number of aromatic nitrogens is 3. The van der Waals surface area contributed by atoms with E-state index in [9.17, 15) is 9.90 Å². The van der Waals surface area contributed by atoms with E-state index in [1.54, 1.807) is 12.1 Å². The van der Waals surface area contributed by atoms with Crippen molar-refractivity contribution in [2.24, 2.45) is 5.41 Å². The molecule has 0 saturated heterocycles. The van der Waals surface area contributed by atoms with Crippen LogP contribution >= 0.6 is 0 Å². The highest BCUT2D eigenvalue weighted by molar-refractivity contribution is 5.91. The van der Waals surface area contributed by atoms with Crippen LogP contribution in [-0.4, -0.2) is 39.3 Å². The first-order valence-electron chi connectivity index (χ1n) is 6.71. The van der Waals surface area contributed by atoms with Crippen LogP contribution in [0, 0.1) is 5.41 Å². The molecule has 2 aromatic rings. The Morgan fingerprint density at radius 1 is 1.25 bits per heavy atom. The Morgan fingerprint density at radius 2 is 2.00 bits per heavy atom. The number of aliphatic hydroxyl groups excluding tert-OH is 1. The van der Waals surface area contributed by atoms with Gasteiger partial charge in [0.25, 0.3) is 5.91 Å². The zero-order chi connectivity index (χ0) is 14.0. The van der Waals surface area contributed by atoms with E-state index in [-0.39, 0.29) is 23.8 Å². The Morgan fingerprint density at radius 3 is 2.65 bits per heavy atom. The number of carbonyl (C=O) groups is 1. The lowest BCUT2D eigenvalue weighted by atomic mass is 9.69. The molecule has 2 N–H and O–H groups in total. The van der Waals surface area contributed by atoms with Gasteiger partial charge in [0.1, 0.15) is 5.52 Å². The van der Waals surface area contributed by atoms with Gasteiger partial charge in [-0.3, -0.25) is 4.79 Å². The molecule has 6 heteroatoms. The van der Waals surface area contributed by atoms with Crippen molar-refractivity contribution in [3.63, 3.8) is 0 Å². The van der Waals surface area contributed by atoms with Crippen molar-refractivity contribution < 1.29 is 9.90 Å². The van der Waals surface area contributed by atoms with E-state index >= 15 is 0 Å². The standard InChI is InChI=1S/C14H16N4O2/c19-9-14(6-3-7-14)8-15-13(20)12-16-10-4-1-2-5-11(10)17-18-12/h1-2,4-5,19H,3,6-9H2,(H,15,20). The van der Waals surface area contributed by atoms with E-state index in [0.717, 1.165) is 19.3 Å². The summed E-state index contributed by atoms with van der Waals surface area (Å²) in [6, 6.07) is 7.28. The van der Waals surface area contributed by atoms with Crippen LogP contribution in [0.3, 0.4) is 0 Å². The molecular formula is C14H16N4O2. The Hall–Kier alpha value is -2.08.